The fraction of sp³-hybridized carbons (Fsp3) is 0.0580. The summed E-state index contributed by atoms with van der Waals surface area (Å²) in [5.41, 5.74) is 21.6. The van der Waals surface area contributed by atoms with Gasteiger partial charge < -0.3 is 14.5 Å². The second kappa shape index (κ2) is 19.4. The summed E-state index contributed by atoms with van der Waals surface area (Å²) in [5, 5.41) is 6.07. The highest BCUT2D eigenvalue weighted by molar-refractivity contribution is 6.13. The quantitative estimate of drug-likeness (QED) is 0.140. The lowest BCUT2D eigenvalue weighted by Crippen LogP contribution is -2.24. The molecule has 358 valence electrons. The van der Waals surface area contributed by atoms with E-state index in [2.05, 4.69) is 247 Å². The molecular weight excluding hydrogens is 913 g/mol. The molecule has 9 aromatic carbocycles. The van der Waals surface area contributed by atoms with Gasteiger partial charge in [-0.3, -0.25) is 4.99 Å². The lowest BCUT2D eigenvalue weighted by atomic mass is 10.0. The lowest BCUT2D eigenvalue weighted by Gasteiger charge is -2.25. The van der Waals surface area contributed by atoms with Gasteiger partial charge in [0.2, 0.25) is 0 Å². The van der Waals surface area contributed by atoms with Crippen molar-refractivity contribution >= 4 is 33.2 Å². The number of aryl methyl sites for hydroxylation is 2. The molecule has 1 unspecified atom stereocenters. The Morgan fingerprint density at radius 3 is 1.41 bits per heavy atom. The van der Waals surface area contributed by atoms with Gasteiger partial charge in [-0.1, -0.05) is 207 Å². The van der Waals surface area contributed by atoms with E-state index in [1.54, 1.807) is 0 Å². The number of aliphatic imine (C=N–C) groups is 1. The molecule has 1 N–H and O–H groups in total. The first kappa shape index (κ1) is 45.2. The minimum absolute atomic E-state index is 0.218. The molecule has 1 aliphatic heterocycles. The van der Waals surface area contributed by atoms with Crippen LogP contribution in [0.4, 0.5) is 0 Å². The van der Waals surface area contributed by atoms with Gasteiger partial charge in [-0.25, -0.2) is 9.97 Å². The highest BCUT2D eigenvalue weighted by Gasteiger charge is 2.22. The number of aromatic nitrogens is 4. The molecule has 0 radical (unpaired) electrons. The number of benzene rings is 9. The maximum Gasteiger partial charge on any atom is 0.160 e. The van der Waals surface area contributed by atoms with Gasteiger partial charge in [-0.05, 0) is 107 Å². The van der Waals surface area contributed by atoms with Crippen molar-refractivity contribution in [2.45, 2.75) is 26.4 Å². The molecule has 3 aromatic heterocycles. The van der Waals surface area contributed by atoms with E-state index in [1.165, 1.54) is 11.1 Å². The largest absolute Gasteiger partial charge is 0.360 e. The van der Waals surface area contributed by atoms with E-state index >= 15 is 0 Å². The molecule has 0 bridgehead atoms. The van der Waals surface area contributed by atoms with Crippen molar-refractivity contribution in [1.29, 1.82) is 0 Å². The van der Waals surface area contributed by atoms with Crippen molar-refractivity contribution in [3.05, 3.63) is 283 Å². The average Bonchev–Trinajstić information content (AvgIpc) is 4.07. The smallest absolute Gasteiger partial charge is 0.160 e. The molecule has 12 aromatic rings. The van der Waals surface area contributed by atoms with Gasteiger partial charge in [0.05, 0.1) is 39.5 Å². The molecule has 75 heavy (non-hydrogen) atoms. The summed E-state index contributed by atoms with van der Waals surface area (Å²) in [6.07, 6.45) is 2.94. The number of hydrogen-bond donors (Lipinski definition) is 1. The van der Waals surface area contributed by atoms with Gasteiger partial charge in [-0.2, -0.15) is 0 Å². The fourth-order valence-electron chi connectivity index (χ4n) is 10.4. The molecule has 0 saturated heterocycles. The molecule has 1 aliphatic rings. The van der Waals surface area contributed by atoms with E-state index in [1.807, 2.05) is 36.4 Å². The monoisotopic (exact) mass is 964 g/mol. The van der Waals surface area contributed by atoms with Gasteiger partial charge in [0.15, 0.2) is 5.82 Å². The van der Waals surface area contributed by atoms with E-state index in [9.17, 15) is 0 Å². The Bertz CT molecular complexity index is 4000. The third kappa shape index (κ3) is 8.83. The second-order valence-corrected chi connectivity index (χ2v) is 19.3. The minimum Gasteiger partial charge on any atom is -0.360 e. The third-order valence-corrected chi connectivity index (χ3v) is 14.4. The van der Waals surface area contributed by atoms with Crippen LogP contribution >= 0.6 is 0 Å². The molecule has 0 saturated carbocycles. The standard InChI is InChI=1S/C69H52N6/c1-3-47-26-30-53(31-27-47)65-41-57-43-66-56(42-67(57)75(65)59-38-34-51(35-39-59)63-45-61(49-18-10-5-11-19-49)71-69(73-63)55-22-14-7-15-23-55)40-64(52-28-24-46(2)25-29-52)74(66)58-36-32-50(33-37-58)62-44-60(48-16-8-4-9-17-48)70-68(72-62)54-20-12-6-13-21-54/h4-45,68,72H,3H2,1-2H3. The van der Waals surface area contributed by atoms with Gasteiger partial charge in [0, 0.05) is 44.5 Å². The van der Waals surface area contributed by atoms with Gasteiger partial charge in [0.1, 0.15) is 6.17 Å². The normalized spacial score (nSPS) is 13.4. The first-order valence-corrected chi connectivity index (χ1v) is 25.7. The zero-order chi connectivity index (χ0) is 50.2. The van der Waals surface area contributed by atoms with Crippen LogP contribution in [0.25, 0.3) is 95.3 Å². The first-order chi connectivity index (χ1) is 37.0. The Kier molecular flexibility index (Phi) is 11.7. The maximum atomic E-state index is 5.18. The van der Waals surface area contributed by atoms with Crippen LogP contribution in [0.3, 0.4) is 0 Å². The zero-order valence-electron chi connectivity index (χ0n) is 41.8. The summed E-state index contributed by atoms with van der Waals surface area (Å²) >= 11 is 0. The topological polar surface area (TPSA) is 60.0 Å². The van der Waals surface area contributed by atoms with Gasteiger partial charge >= 0.3 is 0 Å². The van der Waals surface area contributed by atoms with E-state index in [-0.39, 0.29) is 6.17 Å². The van der Waals surface area contributed by atoms with E-state index in [0.717, 1.165) is 118 Å². The predicted molar refractivity (Wildman–Crippen MR) is 310 cm³/mol. The van der Waals surface area contributed by atoms with Crippen molar-refractivity contribution in [1.82, 2.24) is 24.4 Å². The molecule has 1 atom stereocenters. The molecule has 0 amide bonds. The number of hydrogen-bond acceptors (Lipinski definition) is 4. The molecule has 0 fully saturated rings. The van der Waals surface area contributed by atoms with Crippen LogP contribution in [0.1, 0.15) is 40.9 Å². The molecule has 4 heterocycles. The zero-order valence-corrected chi connectivity index (χ0v) is 41.8. The van der Waals surface area contributed by atoms with Crippen molar-refractivity contribution in [2.75, 3.05) is 0 Å². The summed E-state index contributed by atoms with van der Waals surface area (Å²) in [4.78, 5) is 15.4. The summed E-state index contributed by atoms with van der Waals surface area (Å²) in [6, 6.07) is 88.8. The number of nitrogens with one attached hydrogen (secondary N) is 1. The SMILES string of the molecule is CCc1ccc(-c2cc3cc4c(cc(-c5ccc(C)cc5)n4-c4ccc(C5=CC(c6ccccc6)=NC(c6ccccc6)N5)cc4)cc3n2-c2ccc(-c3cc(-c4ccccc4)nc(-c4ccccc4)n3)cc2)cc1. The Hall–Kier alpha value is -9.65. The van der Waals surface area contributed by atoms with E-state index in [4.69, 9.17) is 15.0 Å². The second-order valence-electron chi connectivity index (χ2n) is 19.3. The van der Waals surface area contributed by atoms with Crippen LogP contribution in [0.5, 0.6) is 0 Å². The van der Waals surface area contributed by atoms with Crippen molar-refractivity contribution in [2.24, 2.45) is 4.99 Å². The predicted octanol–water partition coefficient (Wildman–Crippen LogP) is 16.7. The van der Waals surface area contributed by atoms with Crippen LogP contribution in [0.15, 0.2) is 260 Å². The van der Waals surface area contributed by atoms with Gasteiger partial charge in [0.25, 0.3) is 0 Å². The molecule has 13 rings (SSSR count). The van der Waals surface area contributed by atoms with E-state index in [0.29, 0.717) is 5.82 Å². The van der Waals surface area contributed by atoms with Gasteiger partial charge in [-0.15, -0.1) is 0 Å². The number of allylic oxidation sites excluding steroid dienone is 1. The van der Waals surface area contributed by atoms with Crippen molar-refractivity contribution in [3.63, 3.8) is 0 Å². The highest BCUT2D eigenvalue weighted by atomic mass is 15.1. The maximum absolute atomic E-state index is 5.18. The Labute approximate surface area is 437 Å². The van der Waals surface area contributed by atoms with Crippen molar-refractivity contribution < 1.29 is 0 Å². The Morgan fingerprint density at radius 1 is 0.427 bits per heavy atom. The highest BCUT2D eigenvalue weighted by Crippen LogP contribution is 2.40. The number of rotatable bonds is 11. The third-order valence-electron chi connectivity index (χ3n) is 14.4. The fourth-order valence-corrected chi connectivity index (χ4v) is 10.4. The van der Waals surface area contributed by atoms with E-state index < -0.39 is 0 Å². The average molecular weight is 965 g/mol. The number of nitrogens with zero attached hydrogens (tertiary/aromatic N) is 5. The minimum atomic E-state index is -0.218. The molecule has 0 spiro atoms. The van der Waals surface area contributed by atoms with Crippen LogP contribution in [-0.2, 0) is 6.42 Å². The molecule has 6 nitrogen and oxygen atoms in total. The molecule has 6 heteroatoms. The van der Waals surface area contributed by atoms with Crippen LogP contribution in [0, 0.1) is 6.92 Å². The summed E-state index contributed by atoms with van der Waals surface area (Å²) in [5.74, 6) is 0.699. The van der Waals surface area contributed by atoms with Crippen molar-refractivity contribution in [3.8, 4) is 67.8 Å². The summed E-state index contributed by atoms with van der Waals surface area (Å²) in [7, 11) is 0. The Morgan fingerprint density at radius 2 is 0.880 bits per heavy atom. The summed E-state index contributed by atoms with van der Waals surface area (Å²) in [6.45, 7) is 4.35. The molecule has 0 aliphatic carbocycles. The van der Waals surface area contributed by atoms with Crippen LogP contribution in [0.2, 0.25) is 0 Å². The molecular formula is C69H52N6. The van der Waals surface area contributed by atoms with Crippen LogP contribution in [-0.4, -0.2) is 24.8 Å². The first-order valence-electron chi connectivity index (χ1n) is 25.7. The summed E-state index contributed by atoms with van der Waals surface area (Å²) < 4.78 is 4.84. The lowest BCUT2D eigenvalue weighted by molar-refractivity contribution is 0.664. The van der Waals surface area contributed by atoms with Crippen LogP contribution < -0.4 is 5.32 Å². The number of fused-ring (bicyclic) bond motifs is 2. The Balaban J connectivity index is 0.932.